The van der Waals surface area contributed by atoms with Crippen molar-refractivity contribution >= 4 is 11.9 Å². The Kier molecular flexibility index (Phi) is 6.40. The first-order valence-electron chi connectivity index (χ1n) is 7.80. The van der Waals surface area contributed by atoms with E-state index >= 15 is 0 Å². The number of methoxy groups -OCH3 is 1. The smallest absolute Gasteiger partial charge is 0.319 e. The number of amides is 1. The van der Waals surface area contributed by atoms with Crippen molar-refractivity contribution in [3.63, 3.8) is 0 Å². The minimum Gasteiger partial charge on any atom is -0.468 e. The summed E-state index contributed by atoms with van der Waals surface area (Å²) < 4.78 is 4.67. The molecule has 1 fully saturated rings. The maximum absolute atomic E-state index is 12.0. The molecular weight excluding hydrogens is 280 g/mol. The average molecular weight is 304 g/mol. The second-order valence-electron chi connectivity index (χ2n) is 5.68. The maximum Gasteiger partial charge on any atom is 0.319 e. The Balaban J connectivity index is 1.65. The first-order chi connectivity index (χ1) is 10.7. The van der Waals surface area contributed by atoms with Crippen molar-refractivity contribution in [1.82, 2.24) is 10.2 Å². The highest BCUT2D eigenvalue weighted by atomic mass is 16.5. The standard InChI is InChI=1S/C17H24N2O3/c1-22-17(21)13-19-11-9-15(10-12-19)18-16(20)8-7-14-5-3-2-4-6-14/h2-6,15H,7-13H2,1H3,(H,18,20). The second-order valence-corrected chi connectivity index (χ2v) is 5.68. The van der Waals surface area contributed by atoms with E-state index in [-0.39, 0.29) is 17.9 Å². The SMILES string of the molecule is COC(=O)CN1CCC(NC(=O)CCc2ccccc2)CC1. The fraction of sp³-hybridized carbons (Fsp3) is 0.529. The molecule has 0 bridgehead atoms. The molecule has 1 aromatic carbocycles. The number of aryl methyl sites for hydroxylation is 1. The lowest BCUT2D eigenvalue weighted by atomic mass is 10.0. The van der Waals surface area contributed by atoms with Crippen LogP contribution in [0.2, 0.25) is 0 Å². The molecule has 120 valence electrons. The van der Waals surface area contributed by atoms with Crippen LogP contribution in [0, 0.1) is 0 Å². The molecule has 0 saturated carbocycles. The number of hydrogen-bond acceptors (Lipinski definition) is 4. The summed E-state index contributed by atoms with van der Waals surface area (Å²) in [7, 11) is 1.40. The number of benzene rings is 1. The molecule has 0 unspecified atom stereocenters. The molecule has 5 nitrogen and oxygen atoms in total. The molecule has 0 aliphatic carbocycles. The first-order valence-corrected chi connectivity index (χ1v) is 7.80. The molecule has 1 heterocycles. The van der Waals surface area contributed by atoms with Gasteiger partial charge in [-0.3, -0.25) is 14.5 Å². The number of ether oxygens (including phenoxy) is 1. The predicted octanol–water partition coefficient (Wildman–Crippen LogP) is 1.37. The second kappa shape index (κ2) is 8.54. The molecule has 2 rings (SSSR count). The molecular formula is C17H24N2O3. The number of likely N-dealkylation sites (tertiary alicyclic amines) is 1. The van der Waals surface area contributed by atoms with E-state index in [0.29, 0.717) is 13.0 Å². The monoisotopic (exact) mass is 304 g/mol. The number of hydrogen-bond donors (Lipinski definition) is 1. The number of carbonyl (C=O) groups excluding carboxylic acids is 2. The van der Waals surface area contributed by atoms with E-state index in [9.17, 15) is 9.59 Å². The van der Waals surface area contributed by atoms with Gasteiger partial charge in [-0.05, 0) is 24.8 Å². The fourth-order valence-corrected chi connectivity index (χ4v) is 2.68. The highest BCUT2D eigenvalue weighted by molar-refractivity contribution is 5.76. The number of nitrogens with zero attached hydrogens (tertiary/aromatic N) is 1. The van der Waals surface area contributed by atoms with E-state index in [2.05, 4.69) is 15.0 Å². The van der Waals surface area contributed by atoms with Gasteiger partial charge in [0.2, 0.25) is 5.91 Å². The molecule has 1 aliphatic rings. The molecule has 1 saturated heterocycles. The van der Waals surface area contributed by atoms with Gasteiger partial charge in [-0.2, -0.15) is 0 Å². The molecule has 1 N–H and O–H groups in total. The van der Waals surface area contributed by atoms with Crippen molar-refractivity contribution in [2.45, 2.75) is 31.7 Å². The van der Waals surface area contributed by atoms with Gasteiger partial charge in [-0.15, -0.1) is 0 Å². The van der Waals surface area contributed by atoms with Crippen LogP contribution < -0.4 is 5.32 Å². The Morgan fingerprint density at radius 1 is 1.23 bits per heavy atom. The normalized spacial score (nSPS) is 16.2. The summed E-state index contributed by atoms with van der Waals surface area (Å²) in [5, 5.41) is 3.10. The summed E-state index contributed by atoms with van der Waals surface area (Å²) in [6, 6.07) is 10.3. The Hall–Kier alpha value is -1.88. The van der Waals surface area contributed by atoms with Gasteiger partial charge in [0, 0.05) is 25.6 Å². The number of rotatable bonds is 6. The van der Waals surface area contributed by atoms with Crippen molar-refractivity contribution < 1.29 is 14.3 Å². The first kappa shape index (κ1) is 16.5. The topological polar surface area (TPSA) is 58.6 Å². The number of piperidine rings is 1. The average Bonchev–Trinajstić information content (AvgIpc) is 2.55. The highest BCUT2D eigenvalue weighted by Gasteiger charge is 2.22. The zero-order valence-electron chi connectivity index (χ0n) is 13.1. The van der Waals surface area contributed by atoms with Crippen molar-refractivity contribution in [2.24, 2.45) is 0 Å². The Morgan fingerprint density at radius 3 is 2.55 bits per heavy atom. The van der Waals surface area contributed by atoms with Crippen LogP contribution in [-0.2, 0) is 20.7 Å². The fourth-order valence-electron chi connectivity index (χ4n) is 2.68. The van der Waals surface area contributed by atoms with Gasteiger partial charge in [-0.25, -0.2) is 0 Å². The molecule has 0 aromatic heterocycles. The van der Waals surface area contributed by atoms with E-state index in [4.69, 9.17) is 0 Å². The summed E-state index contributed by atoms with van der Waals surface area (Å²) in [5.74, 6) is -0.0967. The lowest BCUT2D eigenvalue weighted by molar-refractivity contribution is -0.142. The predicted molar refractivity (Wildman–Crippen MR) is 84.4 cm³/mol. The van der Waals surface area contributed by atoms with Crippen LogP contribution in [0.15, 0.2) is 30.3 Å². The third kappa shape index (κ3) is 5.48. The number of nitrogens with one attached hydrogen (secondary N) is 1. The van der Waals surface area contributed by atoms with E-state index in [1.165, 1.54) is 12.7 Å². The van der Waals surface area contributed by atoms with Crippen LogP contribution in [0.3, 0.4) is 0 Å². The van der Waals surface area contributed by atoms with E-state index in [1.807, 2.05) is 30.3 Å². The van der Waals surface area contributed by atoms with E-state index in [0.717, 1.165) is 32.4 Å². The van der Waals surface area contributed by atoms with Crippen molar-refractivity contribution in [3.8, 4) is 0 Å². The molecule has 1 aliphatic heterocycles. The summed E-state index contributed by atoms with van der Waals surface area (Å²) in [4.78, 5) is 25.3. The summed E-state index contributed by atoms with van der Waals surface area (Å²) >= 11 is 0. The zero-order valence-corrected chi connectivity index (χ0v) is 13.1. The molecule has 5 heteroatoms. The van der Waals surface area contributed by atoms with Gasteiger partial charge in [0.1, 0.15) is 0 Å². The van der Waals surface area contributed by atoms with Gasteiger partial charge in [-0.1, -0.05) is 30.3 Å². The number of carbonyl (C=O) groups is 2. The Labute approximate surface area is 131 Å². The van der Waals surface area contributed by atoms with Gasteiger partial charge >= 0.3 is 5.97 Å². The largest absolute Gasteiger partial charge is 0.468 e. The van der Waals surface area contributed by atoms with Crippen LogP contribution >= 0.6 is 0 Å². The maximum atomic E-state index is 12.0. The van der Waals surface area contributed by atoms with Gasteiger partial charge in [0.15, 0.2) is 0 Å². The Morgan fingerprint density at radius 2 is 1.91 bits per heavy atom. The van der Waals surface area contributed by atoms with E-state index < -0.39 is 0 Å². The lowest BCUT2D eigenvalue weighted by Gasteiger charge is -2.31. The highest BCUT2D eigenvalue weighted by Crippen LogP contribution is 2.11. The lowest BCUT2D eigenvalue weighted by Crippen LogP contribution is -2.46. The van der Waals surface area contributed by atoms with Crippen LogP contribution in [0.5, 0.6) is 0 Å². The number of esters is 1. The summed E-state index contributed by atoms with van der Waals surface area (Å²) in [6.07, 6.45) is 3.06. The third-order valence-electron chi connectivity index (χ3n) is 4.02. The molecule has 0 atom stereocenters. The van der Waals surface area contributed by atoms with Crippen molar-refractivity contribution in [2.75, 3.05) is 26.7 Å². The van der Waals surface area contributed by atoms with Crippen LogP contribution in [0.4, 0.5) is 0 Å². The molecule has 22 heavy (non-hydrogen) atoms. The minimum absolute atomic E-state index is 0.107. The molecule has 1 aromatic rings. The van der Waals surface area contributed by atoms with Crippen molar-refractivity contribution in [1.29, 1.82) is 0 Å². The van der Waals surface area contributed by atoms with Crippen LogP contribution in [0.25, 0.3) is 0 Å². The zero-order chi connectivity index (χ0) is 15.8. The summed E-state index contributed by atoms with van der Waals surface area (Å²) in [5.41, 5.74) is 1.19. The van der Waals surface area contributed by atoms with Gasteiger partial charge in [0.25, 0.3) is 0 Å². The molecule has 0 spiro atoms. The molecule has 1 amide bonds. The minimum atomic E-state index is -0.203. The van der Waals surface area contributed by atoms with Gasteiger partial charge in [0.05, 0.1) is 13.7 Å². The third-order valence-corrected chi connectivity index (χ3v) is 4.02. The Bertz CT molecular complexity index is 482. The van der Waals surface area contributed by atoms with Crippen LogP contribution in [0.1, 0.15) is 24.8 Å². The van der Waals surface area contributed by atoms with Crippen molar-refractivity contribution in [3.05, 3.63) is 35.9 Å². The van der Waals surface area contributed by atoms with Gasteiger partial charge < -0.3 is 10.1 Å². The summed E-state index contributed by atoms with van der Waals surface area (Å²) in [6.45, 7) is 1.97. The quantitative estimate of drug-likeness (QED) is 0.807. The van der Waals surface area contributed by atoms with E-state index in [1.54, 1.807) is 0 Å². The molecule has 0 radical (unpaired) electrons. The van der Waals surface area contributed by atoms with Crippen LogP contribution in [-0.4, -0.2) is 49.6 Å².